The molecule has 0 aliphatic heterocycles. The zero-order valence-electron chi connectivity index (χ0n) is 15.9. The van der Waals surface area contributed by atoms with E-state index >= 15 is 0 Å². The fourth-order valence-corrected chi connectivity index (χ4v) is 3.06. The molecular weight excluding hydrogens is 376 g/mol. The van der Waals surface area contributed by atoms with Crippen LogP contribution in [0.5, 0.6) is 17.2 Å². The van der Waals surface area contributed by atoms with Gasteiger partial charge in [-0.3, -0.25) is 0 Å². The minimum Gasteiger partial charge on any atom is -0.496 e. The highest BCUT2D eigenvalue weighted by atomic mass is 35.5. The summed E-state index contributed by atoms with van der Waals surface area (Å²) in [4.78, 5) is 0. The molecule has 1 unspecified atom stereocenters. The first-order valence-electron chi connectivity index (χ1n) is 9.02. The summed E-state index contributed by atoms with van der Waals surface area (Å²) in [6.07, 6.45) is -0.698. The van der Waals surface area contributed by atoms with Crippen LogP contribution >= 0.6 is 11.6 Å². The lowest BCUT2D eigenvalue weighted by Gasteiger charge is -2.19. The number of ether oxygens (including phenoxy) is 3. The second-order valence-corrected chi connectivity index (χ2v) is 6.74. The van der Waals surface area contributed by atoms with Crippen LogP contribution in [-0.4, -0.2) is 12.2 Å². The lowest BCUT2D eigenvalue weighted by atomic mass is 10.1. The van der Waals surface area contributed by atoms with E-state index in [9.17, 15) is 5.11 Å². The second kappa shape index (κ2) is 9.49. The fourth-order valence-electron chi connectivity index (χ4n) is 2.87. The van der Waals surface area contributed by atoms with Crippen LogP contribution in [0.15, 0.2) is 66.7 Å². The number of aliphatic hydroxyl groups is 1. The van der Waals surface area contributed by atoms with Crippen molar-refractivity contribution in [2.45, 2.75) is 26.2 Å². The molecular formula is C23H23ClO4. The van der Waals surface area contributed by atoms with Gasteiger partial charge in [-0.2, -0.15) is 0 Å². The standard InChI is InChI=1S/C23H23ClO4/c1-16(25)19-10-7-13-22(27-14-17-8-3-5-11-20(17)24)23(19)28-15-18-9-4-6-12-21(18)26-2/h3-13,16,25H,14-15H2,1-2H3. The Kier molecular flexibility index (Phi) is 6.80. The summed E-state index contributed by atoms with van der Waals surface area (Å²) in [5.41, 5.74) is 2.44. The van der Waals surface area contributed by atoms with E-state index in [4.69, 9.17) is 25.8 Å². The van der Waals surface area contributed by atoms with Gasteiger partial charge in [0, 0.05) is 21.7 Å². The van der Waals surface area contributed by atoms with Gasteiger partial charge in [-0.1, -0.05) is 60.1 Å². The van der Waals surface area contributed by atoms with Crippen LogP contribution in [0.2, 0.25) is 5.02 Å². The van der Waals surface area contributed by atoms with Crippen LogP contribution in [0.3, 0.4) is 0 Å². The Morgan fingerprint density at radius 2 is 1.46 bits per heavy atom. The van der Waals surface area contributed by atoms with Crippen molar-refractivity contribution in [1.29, 1.82) is 0 Å². The number of hydrogen-bond acceptors (Lipinski definition) is 4. The monoisotopic (exact) mass is 398 g/mol. The van der Waals surface area contributed by atoms with E-state index in [0.29, 0.717) is 28.7 Å². The van der Waals surface area contributed by atoms with Gasteiger partial charge in [-0.15, -0.1) is 0 Å². The summed E-state index contributed by atoms with van der Waals surface area (Å²) >= 11 is 6.22. The molecule has 146 valence electrons. The number of halogens is 1. The quantitative estimate of drug-likeness (QED) is 0.539. The Balaban J connectivity index is 1.84. The van der Waals surface area contributed by atoms with Crippen LogP contribution < -0.4 is 14.2 Å². The molecule has 28 heavy (non-hydrogen) atoms. The maximum atomic E-state index is 10.2. The predicted octanol–water partition coefficient (Wildman–Crippen LogP) is 5.56. The van der Waals surface area contributed by atoms with Crippen molar-refractivity contribution in [1.82, 2.24) is 0 Å². The molecule has 0 fully saturated rings. The first-order valence-corrected chi connectivity index (χ1v) is 9.39. The lowest BCUT2D eigenvalue weighted by molar-refractivity contribution is 0.185. The molecule has 3 aromatic rings. The first-order chi connectivity index (χ1) is 13.6. The average Bonchev–Trinajstić information content (AvgIpc) is 2.71. The van der Waals surface area contributed by atoms with Gasteiger partial charge >= 0.3 is 0 Å². The van der Waals surface area contributed by atoms with E-state index in [0.717, 1.165) is 16.9 Å². The molecule has 0 heterocycles. The maximum Gasteiger partial charge on any atom is 0.167 e. The number of benzene rings is 3. The van der Waals surface area contributed by atoms with Crippen molar-refractivity contribution in [2.75, 3.05) is 7.11 Å². The van der Waals surface area contributed by atoms with E-state index in [1.54, 1.807) is 14.0 Å². The van der Waals surface area contributed by atoms with Crippen molar-refractivity contribution in [2.24, 2.45) is 0 Å². The third-order valence-electron chi connectivity index (χ3n) is 4.36. The van der Waals surface area contributed by atoms with Crippen molar-refractivity contribution in [3.63, 3.8) is 0 Å². The molecule has 0 aliphatic carbocycles. The Bertz CT molecular complexity index is 924. The molecule has 1 N–H and O–H groups in total. The molecule has 3 aromatic carbocycles. The van der Waals surface area contributed by atoms with Crippen molar-refractivity contribution in [3.05, 3.63) is 88.4 Å². The zero-order valence-corrected chi connectivity index (χ0v) is 16.6. The van der Waals surface area contributed by atoms with Crippen molar-refractivity contribution in [3.8, 4) is 17.2 Å². The van der Waals surface area contributed by atoms with Gasteiger partial charge in [0.1, 0.15) is 19.0 Å². The first kappa shape index (κ1) is 20.1. The molecule has 0 saturated carbocycles. The fraction of sp³-hybridized carbons (Fsp3) is 0.217. The number of methoxy groups -OCH3 is 1. The smallest absolute Gasteiger partial charge is 0.167 e. The molecule has 0 bridgehead atoms. The molecule has 5 heteroatoms. The minimum atomic E-state index is -0.698. The van der Waals surface area contributed by atoms with Crippen molar-refractivity contribution < 1.29 is 19.3 Å². The lowest BCUT2D eigenvalue weighted by Crippen LogP contribution is -2.05. The third kappa shape index (κ3) is 4.77. The van der Waals surface area contributed by atoms with E-state index in [2.05, 4.69) is 0 Å². The Labute approximate surface area is 170 Å². The van der Waals surface area contributed by atoms with E-state index in [1.807, 2.05) is 66.7 Å². The number of rotatable bonds is 8. The Hall–Kier alpha value is -2.69. The molecule has 3 rings (SSSR count). The molecule has 1 atom stereocenters. The molecule has 0 saturated heterocycles. The maximum absolute atomic E-state index is 10.2. The summed E-state index contributed by atoms with van der Waals surface area (Å²) in [7, 11) is 1.63. The summed E-state index contributed by atoms with van der Waals surface area (Å²) in [5, 5.41) is 10.8. The normalized spacial score (nSPS) is 11.7. The summed E-state index contributed by atoms with van der Waals surface area (Å²) in [6, 6.07) is 20.7. The average molecular weight is 399 g/mol. The SMILES string of the molecule is COc1ccccc1COc1c(OCc2ccccc2Cl)cccc1C(C)O. The minimum absolute atomic E-state index is 0.288. The van der Waals surface area contributed by atoms with Crippen LogP contribution in [0.25, 0.3) is 0 Å². The number of aliphatic hydroxyl groups excluding tert-OH is 1. The van der Waals surface area contributed by atoms with Crippen LogP contribution in [0.4, 0.5) is 0 Å². The summed E-state index contributed by atoms with van der Waals surface area (Å²) < 4.78 is 17.5. The van der Waals surface area contributed by atoms with Gasteiger partial charge in [0.2, 0.25) is 0 Å². The number of para-hydroxylation sites is 2. The van der Waals surface area contributed by atoms with Crippen LogP contribution in [0, 0.1) is 0 Å². The molecule has 0 aromatic heterocycles. The van der Waals surface area contributed by atoms with Gasteiger partial charge in [0.25, 0.3) is 0 Å². The van der Waals surface area contributed by atoms with Gasteiger partial charge in [-0.05, 0) is 25.1 Å². The Morgan fingerprint density at radius 3 is 2.18 bits per heavy atom. The third-order valence-corrected chi connectivity index (χ3v) is 4.73. The zero-order chi connectivity index (χ0) is 19.9. The predicted molar refractivity (Wildman–Crippen MR) is 110 cm³/mol. The van der Waals surface area contributed by atoms with Gasteiger partial charge in [-0.25, -0.2) is 0 Å². The molecule has 0 amide bonds. The largest absolute Gasteiger partial charge is 0.496 e. The summed E-state index contributed by atoms with van der Waals surface area (Å²) in [6.45, 7) is 2.29. The molecule has 0 spiro atoms. The highest BCUT2D eigenvalue weighted by Gasteiger charge is 2.16. The van der Waals surface area contributed by atoms with E-state index < -0.39 is 6.10 Å². The summed E-state index contributed by atoms with van der Waals surface area (Å²) in [5.74, 6) is 1.80. The van der Waals surface area contributed by atoms with E-state index in [-0.39, 0.29) is 6.61 Å². The molecule has 0 radical (unpaired) electrons. The molecule has 4 nitrogen and oxygen atoms in total. The highest BCUT2D eigenvalue weighted by molar-refractivity contribution is 6.31. The second-order valence-electron chi connectivity index (χ2n) is 6.33. The highest BCUT2D eigenvalue weighted by Crippen LogP contribution is 2.37. The van der Waals surface area contributed by atoms with Crippen LogP contribution in [0.1, 0.15) is 29.7 Å². The number of hydrogen-bond donors (Lipinski definition) is 1. The molecule has 0 aliphatic rings. The van der Waals surface area contributed by atoms with Crippen molar-refractivity contribution >= 4 is 11.6 Å². The van der Waals surface area contributed by atoms with Gasteiger partial charge < -0.3 is 19.3 Å². The Morgan fingerprint density at radius 1 is 0.821 bits per heavy atom. The van der Waals surface area contributed by atoms with Crippen LogP contribution in [-0.2, 0) is 13.2 Å². The van der Waals surface area contributed by atoms with Gasteiger partial charge in [0.05, 0.1) is 13.2 Å². The van der Waals surface area contributed by atoms with E-state index in [1.165, 1.54) is 0 Å². The topological polar surface area (TPSA) is 47.9 Å². The van der Waals surface area contributed by atoms with Gasteiger partial charge in [0.15, 0.2) is 11.5 Å².